The Morgan fingerprint density at radius 2 is 2.11 bits per heavy atom. The summed E-state index contributed by atoms with van der Waals surface area (Å²) in [5.74, 6) is 0. The highest BCUT2D eigenvalue weighted by Crippen LogP contribution is 2.20. The van der Waals surface area contributed by atoms with Gasteiger partial charge in [-0.3, -0.25) is 0 Å². The molecule has 0 saturated heterocycles. The van der Waals surface area contributed by atoms with Gasteiger partial charge in [-0.1, -0.05) is 35.0 Å². The maximum absolute atomic E-state index is 5.63. The summed E-state index contributed by atoms with van der Waals surface area (Å²) in [7, 11) is 1.78. The molecule has 0 saturated carbocycles. The molecule has 1 unspecified atom stereocenters. The van der Waals surface area contributed by atoms with Crippen molar-refractivity contribution in [2.24, 2.45) is 0 Å². The van der Waals surface area contributed by atoms with E-state index in [0.717, 1.165) is 23.9 Å². The van der Waals surface area contributed by atoms with Gasteiger partial charge in [-0.2, -0.15) is 0 Å². The van der Waals surface area contributed by atoms with E-state index in [1.165, 1.54) is 5.56 Å². The first kappa shape index (κ1) is 15.7. The van der Waals surface area contributed by atoms with E-state index in [9.17, 15) is 0 Å². The number of ether oxygens (including phenoxy) is 1. The van der Waals surface area contributed by atoms with E-state index in [0.29, 0.717) is 6.04 Å². The molecular formula is C15H24BrNO. The summed E-state index contributed by atoms with van der Waals surface area (Å²) in [5.41, 5.74) is 1.15. The van der Waals surface area contributed by atoms with Gasteiger partial charge in [-0.25, -0.2) is 0 Å². The monoisotopic (exact) mass is 313 g/mol. The van der Waals surface area contributed by atoms with Crippen LogP contribution in [-0.2, 0) is 11.2 Å². The average Bonchev–Trinajstić information content (AvgIpc) is 2.34. The topological polar surface area (TPSA) is 21.3 Å². The quantitative estimate of drug-likeness (QED) is 0.827. The van der Waals surface area contributed by atoms with Crippen LogP contribution in [0.25, 0.3) is 0 Å². The van der Waals surface area contributed by atoms with Crippen molar-refractivity contribution >= 4 is 15.9 Å². The molecule has 1 aromatic carbocycles. The van der Waals surface area contributed by atoms with Crippen LogP contribution < -0.4 is 5.32 Å². The number of rotatable bonds is 7. The van der Waals surface area contributed by atoms with Crippen LogP contribution >= 0.6 is 15.9 Å². The Hall–Kier alpha value is -0.380. The minimum Gasteiger partial charge on any atom is -0.377 e. The standard InChI is InChI=1S/C15H24BrNO/c1-5-9-17-14(15(2,3)18-4)11-12-7-6-8-13(16)10-12/h6-8,10,14,17H,5,9,11H2,1-4H3. The molecule has 1 rings (SSSR count). The second-order valence-electron chi connectivity index (χ2n) is 5.15. The van der Waals surface area contributed by atoms with E-state index in [1.807, 2.05) is 0 Å². The zero-order valence-corrected chi connectivity index (χ0v) is 13.4. The third-order valence-electron chi connectivity index (χ3n) is 3.33. The number of methoxy groups -OCH3 is 1. The van der Waals surface area contributed by atoms with Gasteiger partial charge in [0.25, 0.3) is 0 Å². The van der Waals surface area contributed by atoms with Gasteiger partial charge in [0.1, 0.15) is 0 Å². The van der Waals surface area contributed by atoms with E-state index in [2.05, 4.69) is 66.3 Å². The minimum atomic E-state index is -0.169. The fourth-order valence-electron chi connectivity index (χ4n) is 1.92. The molecule has 0 bridgehead atoms. The van der Waals surface area contributed by atoms with E-state index >= 15 is 0 Å². The van der Waals surface area contributed by atoms with Crippen LogP contribution in [0, 0.1) is 0 Å². The summed E-state index contributed by atoms with van der Waals surface area (Å²) in [6.45, 7) is 7.48. The van der Waals surface area contributed by atoms with Crippen molar-refractivity contribution in [1.82, 2.24) is 5.32 Å². The Morgan fingerprint density at radius 1 is 1.39 bits per heavy atom. The molecule has 102 valence electrons. The lowest BCUT2D eigenvalue weighted by Crippen LogP contribution is -2.49. The third kappa shape index (κ3) is 4.71. The number of hydrogen-bond donors (Lipinski definition) is 1. The second kappa shape index (κ2) is 7.27. The van der Waals surface area contributed by atoms with Gasteiger partial charge in [0, 0.05) is 17.6 Å². The van der Waals surface area contributed by atoms with Crippen molar-refractivity contribution < 1.29 is 4.74 Å². The molecule has 3 heteroatoms. The van der Waals surface area contributed by atoms with Crippen LogP contribution in [0.4, 0.5) is 0 Å². The van der Waals surface area contributed by atoms with Crippen molar-refractivity contribution in [2.45, 2.75) is 45.3 Å². The minimum absolute atomic E-state index is 0.169. The molecule has 0 aliphatic heterocycles. The third-order valence-corrected chi connectivity index (χ3v) is 3.83. The fraction of sp³-hybridized carbons (Fsp3) is 0.600. The summed E-state index contributed by atoms with van der Waals surface area (Å²) < 4.78 is 6.75. The molecule has 1 aromatic rings. The number of nitrogens with one attached hydrogen (secondary N) is 1. The van der Waals surface area contributed by atoms with E-state index in [4.69, 9.17) is 4.74 Å². The fourth-order valence-corrected chi connectivity index (χ4v) is 2.37. The Morgan fingerprint density at radius 3 is 2.67 bits per heavy atom. The first-order valence-electron chi connectivity index (χ1n) is 6.52. The molecule has 0 aliphatic rings. The van der Waals surface area contributed by atoms with E-state index in [-0.39, 0.29) is 5.60 Å². The first-order valence-corrected chi connectivity index (χ1v) is 7.32. The highest BCUT2D eigenvalue weighted by Gasteiger charge is 2.28. The highest BCUT2D eigenvalue weighted by atomic mass is 79.9. The number of benzene rings is 1. The maximum atomic E-state index is 5.63. The SMILES string of the molecule is CCCNC(Cc1cccc(Br)c1)C(C)(C)OC. The van der Waals surface area contributed by atoms with Crippen LogP contribution in [0.15, 0.2) is 28.7 Å². The van der Waals surface area contributed by atoms with Gasteiger partial charge in [0.2, 0.25) is 0 Å². The maximum Gasteiger partial charge on any atom is 0.0778 e. The first-order chi connectivity index (χ1) is 8.49. The van der Waals surface area contributed by atoms with Crippen molar-refractivity contribution in [3.63, 3.8) is 0 Å². The number of halogens is 1. The molecule has 18 heavy (non-hydrogen) atoms. The van der Waals surface area contributed by atoms with Gasteiger partial charge in [-0.05, 0) is 50.9 Å². The molecular weight excluding hydrogens is 290 g/mol. The van der Waals surface area contributed by atoms with Crippen molar-refractivity contribution in [3.05, 3.63) is 34.3 Å². The van der Waals surface area contributed by atoms with Crippen molar-refractivity contribution in [2.75, 3.05) is 13.7 Å². The van der Waals surface area contributed by atoms with Crippen molar-refractivity contribution in [1.29, 1.82) is 0 Å². The Labute approximate surface area is 119 Å². The molecule has 0 aliphatic carbocycles. The van der Waals surface area contributed by atoms with Crippen LogP contribution in [0.5, 0.6) is 0 Å². The summed E-state index contributed by atoms with van der Waals surface area (Å²) in [6, 6.07) is 8.79. The molecule has 0 aromatic heterocycles. The molecule has 2 nitrogen and oxygen atoms in total. The van der Waals surface area contributed by atoms with Gasteiger partial charge < -0.3 is 10.1 Å². The molecule has 0 radical (unpaired) electrons. The van der Waals surface area contributed by atoms with Gasteiger partial charge in [0.05, 0.1) is 5.60 Å². The Kier molecular flexibility index (Phi) is 6.33. The lowest BCUT2D eigenvalue weighted by molar-refractivity contribution is -0.00998. The summed E-state index contributed by atoms with van der Waals surface area (Å²) in [5, 5.41) is 3.59. The van der Waals surface area contributed by atoms with Crippen molar-refractivity contribution in [3.8, 4) is 0 Å². The van der Waals surface area contributed by atoms with E-state index < -0.39 is 0 Å². The zero-order valence-electron chi connectivity index (χ0n) is 11.8. The Balaban J connectivity index is 2.78. The molecule has 1 N–H and O–H groups in total. The second-order valence-corrected chi connectivity index (χ2v) is 6.06. The van der Waals surface area contributed by atoms with Gasteiger partial charge in [0.15, 0.2) is 0 Å². The normalized spacial score (nSPS) is 13.6. The highest BCUT2D eigenvalue weighted by molar-refractivity contribution is 9.10. The largest absolute Gasteiger partial charge is 0.377 e. The predicted octanol–water partition coefficient (Wildman–Crippen LogP) is 3.78. The molecule has 1 atom stereocenters. The summed E-state index contributed by atoms with van der Waals surface area (Å²) in [6.07, 6.45) is 2.11. The van der Waals surface area contributed by atoms with E-state index in [1.54, 1.807) is 7.11 Å². The molecule has 0 fully saturated rings. The summed E-state index contributed by atoms with van der Waals surface area (Å²) >= 11 is 3.52. The average molecular weight is 314 g/mol. The van der Waals surface area contributed by atoms with Crippen LogP contribution in [0.1, 0.15) is 32.8 Å². The zero-order chi connectivity index (χ0) is 13.6. The van der Waals surface area contributed by atoms with Gasteiger partial charge in [-0.15, -0.1) is 0 Å². The lowest BCUT2D eigenvalue weighted by atomic mass is 9.92. The molecule has 0 spiro atoms. The number of hydrogen-bond acceptors (Lipinski definition) is 2. The lowest BCUT2D eigenvalue weighted by Gasteiger charge is -2.34. The molecule has 0 heterocycles. The van der Waals surface area contributed by atoms with Crippen LogP contribution in [0.2, 0.25) is 0 Å². The van der Waals surface area contributed by atoms with Crippen LogP contribution in [-0.4, -0.2) is 25.3 Å². The summed E-state index contributed by atoms with van der Waals surface area (Å²) in [4.78, 5) is 0. The predicted molar refractivity (Wildman–Crippen MR) is 81.0 cm³/mol. The Bertz CT molecular complexity index is 365. The molecule has 0 amide bonds. The van der Waals surface area contributed by atoms with Gasteiger partial charge >= 0.3 is 0 Å². The van der Waals surface area contributed by atoms with Crippen LogP contribution in [0.3, 0.4) is 0 Å². The smallest absolute Gasteiger partial charge is 0.0778 e.